The van der Waals surface area contributed by atoms with E-state index in [0.29, 0.717) is 17.3 Å². The molecule has 1 amide bonds. The lowest BCUT2D eigenvalue weighted by atomic mass is 10.2. The van der Waals surface area contributed by atoms with E-state index in [2.05, 4.69) is 4.98 Å². The summed E-state index contributed by atoms with van der Waals surface area (Å²) in [7, 11) is 0. The zero-order chi connectivity index (χ0) is 14.7. The van der Waals surface area contributed by atoms with Crippen molar-refractivity contribution in [3.8, 4) is 0 Å². The van der Waals surface area contributed by atoms with Crippen molar-refractivity contribution in [2.45, 2.75) is 11.8 Å². The molecule has 1 fully saturated rings. The zero-order valence-corrected chi connectivity index (χ0v) is 13.0. The molecular weight excluding hydrogens is 304 g/mol. The van der Waals surface area contributed by atoms with Crippen molar-refractivity contribution in [1.82, 2.24) is 9.88 Å². The average molecular weight is 319 g/mol. The largest absolute Gasteiger partial charge is 0.325 e. The molecule has 1 aliphatic heterocycles. The Hall–Kier alpha value is -1.52. The lowest BCUT2D eigenvalue weighted by Gasteiger charge is -2.24. The van der Waals surface area contributed by atoms with Gasteiger partial charge in [0.25, 0.3) is 0 Å². The Morgan fingerprint density at radius 3 is 2.76 bits per heavy atom. The Morgan fingerprint density at radius 2 is 2.05 bits per heavy atom. The van der Waals surface area contributed by atoms with Gasteiger partial charge in [0.2, 0.25) is 5.91 Å². The fourth-order valence-electron chi connectivity index (χ4n) is 2.38. The molecule has 2 heterocycles. The highest BCUT2D eigenvalue weighted by Crippen LogP contribution is 2.38. The number of pyridine rings is 1. The molecule has 5 heteroatoms. The Kier molecular flexibility index (Phi) is 4.46. The second kappa shape index (κ2) is 6.50. The third-order valence-electron chi connectivity index (χ3n) is 3.46. The Balaban J connectivity index is 1.72. The summed E-state index contributed by atoms with van der Waals surface area (Å²) >= 11 is 7.59. The van der Waals surface area contributed by atoms with Crippen LogP contribution in [0.15, 0.2) is 48.7 Å². The van der Waals surface area contributed by atoms with Gasteiger partial charge >= 0.3 is 0 Å². The minimum atomic E-state index is 0.0819. The number of hydrogen-bond acceptors (Lipinski definition) is 3. The summed E-state index contributed by atoms with van der Waals surface area (Å²) < 4.78 is 0. The summed E-state index contributed by atoms with van der Waals surface area (Å²) in [6.07, 6.45) is 2.56. The fourth-order valence-corrected chi connectivity index (χ4v) is 3.73. The normalized spacial score (nSPS) is 18.2. The van der Waals surface area contributed by atoms with Gasteiger partial charge in [0.1, 0.15) is 5.37 Å². The van der Waals surface area contributed by atoms with Crippen LogP contribution in [0.3, 0.4) is 0 Å². The van der Waals surface area contributed by atoms with Crippen LogP contribution >= 0.6 is 23.4 Å². The first kappa shape index (κ1) is 14.4. The first-order valence-corrected chi connectivity index (χ1v) is 8.23. The molecule has 0 spiro atoms. The number of aromatic nitrogens is 1. The molecule has 1 aromatic carbocycles. The molecule has 1 atom stereocenters. The van der Waals surface area contributed by atoms with Crippen molar-refractivity contribution in [1.29, 1.82) is 0 Å². The minimum Gasteiger partial charge on any atom is -0.325 e. The standard InChI is InChI=1S/C16H15ClN2OS/c17-13-6-4-12(5-7-13)16-19(15(20)11-21-16)10-8-14-3-1-2-9-18-14/h1-7,9,16H,8,10-11H2/t16-/m1/s1. The van der Waals surface area contributed by atoms with Crippen LogP contribution in [0.4, 0.5) is 0 Å². The molecule has 0 N–H and O–H groups in total. The van der Waals surface area contributed by atoms with E-state index in [9.17, 15) is 4.79 Å². The maximum atomic E-state index is 12.1. The minimum absolute atomic E-state index is 0.0819. The second-order valence-electron chi connectivity index (χ2n) is 4.87. The molecule has 0 saturated carbocycles. The predicted molar refractivity (Wildman–Crippen MR) is 86.3 cm³/mol. The highest BCUT2D eigenvalue weighted by molar-refractivity contribution is 8.00. The molecule has 0 radical (unpaired) electrons. The average Bonchev–Trinajstić information content (AvgIpc) is 2.88. The zero-order valence-electron chi connectivity index (χ0n) is 11.4. The number of benzene rings is 1. The first-order valence-electron chi connectivity index (χ1n) is 6.80. The molecule has 108 valence electrons. The molecule has 1 saturated heterocycles. The third-order valence-corrected chi connectivity index (χ3v) is 4.97. The van der Waals surface area contributed by atoms with Crippen LogP contribution in [0, 0.1) is 0 Å². The maximum Gasteiger partial charge on any atom is 0.233 e. The van der Waals surface area contributed by atoms with Crippen molar-refractivity contribution in [2.75, 3.05) is 12.3 Å². The summed E-state index contributed by atoms with van der Waals surface area (Å²) in [5.74, 6) is 0.728. The monoisotopic (exact) mass is 318 g/mol. The number of rotatable bonds is 4. The highest BCUT2D eigenvalue weighted by atomic mass is 35.5. The van der Waals surface area contributed by atoms with Crippen LogP contribution in [0.2, 0.25) is 5.02 Å². The lowest BCUT2D eigenvalue weighted by Crippen LogP contribution is -2.30. The third kappa shape index (κ3) is 3.39. The summed E-state index contributed by atoms with van der Waals surface area (Å²) in [4.78, 5) is 18.3. The molecule has 0 aliphatic carbocycles. The van der Waals surface area contributed by atoms with E-state index in [1.54, 1.807) is 18.0 Å². The summed E-state index contributed by atoms with van der Waals surface area (Å²) in [5.41, 5.74) is 2.13. The molecule has 3 nitrogen and oxygen atoms in total. The van der Waals surface area contributed by atoms with E-state index in [4.69, 9.17) is 11.6 Å². The van der Waals surface area contributed by atoms with E-state index in [1.165, 1.54) is 0 Å². The van der Waals surface area contributed by atoms with Crippen molar-refractivity contribution in [3.05, 3.63) is 64.9 Å². The number of carbonyl (C=O) groups is 1. The van der Waals surface area contributed by atoms with Crippen LogP contribution in [-0.4, -0.2) is 28.1 Å². The van der Waals surface area contributed by atoms with Gasteiger partial charge < -0.3 is 4.90 Å². The van der Waals surface area contributed by atoms with Gasteiger partial charge in [-0.15, -0.1) is 11.8 Å². The van der Waals surface area contributed by atoms with Gasteiger partial charge in [-0.2, -0.15) is 0 Å². The molecule has 0 unspecified atom stereocenters. The smallest absolute Gasteiger partial charge is 0.233 e. The van der Waals surface area contributed by atoms with Gasteiger partial charge in [-0.05, 0) is 29.8 Å². The maximum absolute atomic E-state index is 12.1. The number of nitrogens with zero attached hydrogens (tertiary/aromatic N) is 2. The van der Waals surface area contributed by atoms with Crippen molar-refractivity contribution < 1.29 is 4.79 Å². The Morgan fingerprint density at radius 1 is 1.24 bits per heavy atom. The molecule has 1 aromatic heterocycles. The Labute approximate surface area is 133 Å². The van der Waals surface area contributed by atoms with Crippen LogP contribution in [0.25, 0.3) is 0 Å². The van der Waals surface area contributed by atoms with Crippen molar-refractivity contribution in [2.24, 2.45) is 0 Å². The summed E-state index contributed by atoms with van der Waals surface area (Å²) in [5, 5.41) is 0.798. The van der Waals surface area contributed by atoms with Gasteiger partial charge in [0.15, 0.2) is 0 Å². The van der Waals surface area contributed by atoms with Crippen molar-refractivity contribution >= 4 is 29.3 Å². The van der Waals surface area contributed by atoms with E-state index >= 15 is 0 Å². The molecule has 1 aliphatic rings. The van der Waals surface area contributed by atoms with Gasteiger partial charge in [-0.1, -0.05) is 29.8 Å². The molecule has 3 rings (SSSR count). The molecule has 2 aromatic rings. The van der Waals surface area contributed by atoms with E-state index in [1.807, 2.05) is 47.4 Å². The SMILES string of the molecule is O=C1CS[C@H](c2ccc(Cl)cc2)N1CCc1ccccn1. The quantitative estimate of drug-likeness (QED) is 0.864. The van der Waals surface area contributed by atoms with Gasteiger partial charge in [0, 0.05) is 29.9 Å². The predicted octanol–water partition coefficient (Wildman–Crippen LogP) is 3.55. The van der Waals surface area contributed by atoms with Gasteiger partial charge in [0.05, 0.1) is 5.75 Å². The topological polar surface area (TPSA) is 33.2 Å². The number of hydrogen-bond donors (Lipinski definition) is 0. The lowest BCUT2D eigenvalue weighted by molar-refractivity contribution is -0.128. The van der Waals surface area contributed by atoms with Gasteiger partial charge in [-0.3, -0.25) is 9.78 Å². The van der Waals surface area contributed by atoms with E-state index < -0.39 is 0 Å². The number of carbonyl (C=O) groups excluding carboxylic acids is 1. The van der Waals surface area contributed by atoms with Crippen LogP contribution in [0.1, 0.15) is 16.6 Å². The number of thioether (sulfide) groups is 1. The van der Waals surface area contributed by atoms with Crippen LogP contribution in [0.5, 0.6) is 0 Å². The number of halogens is 1. The number of amides is 1. The van der Waals surface area contributed by atoms with Crippen molar-refractivity contribution in [3.63, 3.8) is 0 Å². The molecular formula is C16H15ClN2OS. The van der Waals surface area contributed by atoms with Crippen LogP contribution in [-0.2, 0) is 11.2 Å². The highest BCUT2D eigenvalue weighted by Gasteiger charge is 2.32. The second-order valence-corrected chi connectivity index (χ2v) is 6.38. The van der Waals surface area contributed by atoms with E-state index in [-0.39, 0.29) is 11.3 Å². The summed E-state index contributed by atoms with van der Waals surface area (Å²) in [6, 6.07) is 13.6. The van der Waals surface area contributed by atoms with E-state index in [0.717, 1.165) is 17.7 Å². The molecule has 0 bridgehead atoms. The fraction of sp³-hybridized carbons (Fsp3) is 0.250. The Bertz CT molecular complexity index is 618. The molecule has 21 heavy (non-hydrogen) atoms. The van der Waals surface area contributed by atoms with Gasteiger partial charge in [-0.25, -0.2) is 0 Å². The summed E-state index contributed by atoms with van der Waals surface area (Å²) in [6.45, 7) is 0.691. The van der Waals surface area contributed by atoms with Crippen LogP contribution < -0.4 is 0 Å². The first-order chi connectivity index (χ1) is 10.2.